The lowest BCUT2D eigenvalue weighted by Crippen LogP contribution is -2.49. The molecule has 24 heavy (non-hydrogen) atoms. The van der Waals surface area contributed by atoms with Crippen molar-refractivity contribution in [2.75, 3.05) is 5.32 Å². The summed E-state index contributed by atoms with van der Waals surface area (Å²) in [6.07, 6.45) is 1.77. The zero-order valence-electron chi connectivity index (χ0n) is 13.2. The van der Waals surface area contributed by atoms with Crippen molar-refractivity contribution in [2.24, 2.45) is 0 Å². The number of carbonyl (C=O) groups excluding carboxylic acids is 2. The number of nitrogens with one attached hydrogen (secondary N) is 1. The van der Waals surface area contributed by atoms with E-state index in [-0.39, 0.29) is 17.6 Å². The fourth-order valence-corrected chi connectivity index (χ4v) is 2.92. The van der Waals surface area contributed by atoms with Crippen LogP contribution in [0.15, 0.2) is 54.6 Å². The second kappa shape index (κ2) is 7.25. The van der Waals surface area contributed by atoms with Gasteiger partial charge in [-0.3, -0.25) is 9.59 Å². The largest absolute Gasteiger partial charge is 0.326 e. The van der Waals surface area contributed by atoms with Gasteiger partial charge < -0.3 is 10.2 Å². The van der Waals surface area contributed by atoms with E-state index >= 15 is 0 Å². The topological polar surface area (TPSA) is 49.4 Å². The summed E-state index contributed by atoms with van der Waals surface area (Å²) >= 11 is 0. The van der Waals surface area contributed by atoms with E-state index in [2.05, 4.69) is 5.32 Å². The van der Waals surface area contributed by atoms with Crippen LogP contribution in [0.3, 0.4) is 0 Å². The maximum Gasteiger partial charge on any atom is 0.247 e. The number of carbonyl (C=O) groups is 2. The van der Waals surface area contributed by atoms with Crippen LogP contribution < -0.4 is 5.32 Å². The van der Waals surface area contributed by atoms with Crippen molar-refractivity contribution in [3.05, 3.63) is 66.0 Å². The Morgan fingerprint density at radius 1 is 1.12 bits per heavy atom. The van der Waals surface area contributed by atoms with Crippen LogP contribution in [0.25, 0.3) is 0 Å². The molecular weight excluding hydrogens is 307 g/mol. The molecule has 0 bridgehead atoms. The Morgan fingerprint density at radius 2 is 1.83 bits per heavy atom. The first-order valence-corrected chi connectivity index (χ1v) is 8.03. The standard InChI is InChI=1S/C19H19FN2O2/c20-15-11-9-14(10-12-15)13-22-17(7-4-8-18(22)23)19(24)21-16-5-2-1-3-6-16/h1-3,5-6,9-12,17H,4,7-8,13H2,(H,21,24). The molecule has 1 fully saturated rings. The third-order valence-electron chi connectivity index (χ3n) is 4.17. The van der Waals surface area contributed by atoms with Gasteiger partial charge in [-0.2, -0.15) is 0 Å². The van der Waals surface area contributed by atoms with Gasteiger partial charge in [-0.1, -0.05) is 30.3 Å². The van der Waals surface area contributed by atoms with Gasteiger partial charge in [-0.25, -0.2) is 4.39 Å². The highest BCUT2D eigenvalue weighted by atomic mass is 19.1. The summed E-state index contributed by atoms with van der Waals surface area (Å²) in [6.45, 7) is 0.311. The van der Waals surface area contributed by atoms with Crippen LogP contribution in [0.4, 0.5) is 10.1 Å². The number of para-hydroxylation sites is 1. The Kier molecular flexibility index (Phi) is 4.89. The van der Waals surface area contributed by atoms with Crippen LogP contribution >= 0.6 is 0 Å². The lowest BCUT2D eigenvalue weighted by atomic mass is 9.99. The monoisotopic (exact) mass is 326 g/mol. The van der Waals surface area contributed by atoms with E-state index in [1.807, 2.05) is 30.3 Å². The quantitative estimate of drug-likeness (QED) is 0.937. The summed E-state index contributed by atoms with van der Waals surface area (Å²) in [6, 6.07) is 14.7. The first kappa shape index (κ1) is 16.2. The van der Waals surface area contributed by atoms with Crippen molar-refractivity contribution in [1.82, 2.24) is 4.90 Å². The Morgan fingerprint density at radius 3 is 2.54 bits per heavy atom. The Labute approximate surface area is 140 Å². The molecule has 3 rings (SSSR count). The van der Waals surface area contributed by atoms with Gasteiger partial charge in [0.2, 0.25) is 11.8 Å². The fourth-order valence-electron chi connectivity index (χ4n) is 2.92. The second-order valence-corrected chi connectivity index (χ2v) is 5.91. The SMILES string of the molecule is O=C(Nc1ccccc1)C1CCCC(=O)N1Cc1ccc(F)cc1. The van der Waals surface area contributed by atoms with Crippen molar-refractivity contribution >= 4 is 17.5 Å². The molecule has 1 aliphatic heterocycles. The van der Waals surface area contributed by atoms with E-state index < -0.39 is 6.04 Å². The number of amides is 2. The molecule has 1 unspecified atom stereocenters. The van der Waals surface area contributed by atoms with Crippen LogP contribution in [-0.2, 0) is 16.1 Å². The van der Waals surface area contributed by atoms with Gasteiger partial charge in [-0.15, -0.1) is 0 Å². The van der Waals surface area contributed by atoms with E-state index in [1.54, 1.807) is 17.0 Å². The average molecular weight is 326 g/mol. The molecule has 2 aromatic carbocycles. The molecule has 2 aromatic rings. The number of hydrogen-bond donors (Lipinski definition) is 1. The molecule has 0 saturated carbocycles. The van der Waals surface area contributed by atoms with Crippen molar-refractivity contribution in [3.63, 3.8) is 0 Å². The van der Waals surface area contributed by atoms with Gasteiger partial charge in [0.25, 0.3) is 0 Å². The number of hydrogen-bond acceptors (Lipinski definition) is 2. The van der Waals surface area contributed by atoms with Crippen LogP contribution in [0.5, 0.6) is 0 Å². The molecule has 0 spiro atoms. The van der Waals surface area contributed by atoms with E-state index in [4.69, 9.17) is 0 Å². The number of piperidine rings is 1. The molecule has 1 heterocycles. The summed E-state index contributed by atoms with van der Waals surface area (Å²) in [5.74, 6) is -0.544. The predicted molar refractivity (Wildman–Crippen MR) is 89.7 cm³/mol. The molecule has 0 aliphatic carbocycles. The smallest absolute Gasteiger partial charge is 0.247 e. The van der Waals surface area contributed by atoms with Gasteiger partial charge in [0.15, 0.2) is 0 Å². The van der Waals surface area contributed by atoms with Crippen LogP contribution in [-0.4, -0.2) is 22.8 Å². The van der Waals surface area contributed by atoms with Gasteiger partial charge in [0, 0.05) is 18.7 Å². The van der Waals surface area contributed by atoms with E-state index in [0.29, 0.717) is 31.5 Å². The molecule has 124 valence electrons. The molecule has 0 aromatic heterocycles. The van der Waals surface area contributed by atoms with Gasteiger partial charge >= 0.3 is 0 Å². The van der Waals surface area contributed by atoms with E-state index in [0.717, 1.165) is 5.56 Å². The van der Waals surface area contributed by atoms with Gasteiger partial charge in [0.1, 0.15) is 11.9 Å². The Balaban J connectivity index is 1.75. The second-order valence-electron chi connectivity index (χ2n) is 5.91. The molecule has 1 saturated heterocycles. The molecular formula is C19H19FN2O2. The summed E-state index contributed by atoms with van der Waals surface area (Å²) in [5.41, 5.74) is 1.52. The average Bonchev–Trinajstić information content (AvgIpc) is 2.59. The lowest BCUT2D eigenvalue weighted by Gasteiger charge is -2.34. The lowest BCUT2D eigenvalue weighted by molar-refractivity contribution is -0.142. The van der Waals surface area contributed by atoms with Crippen molar-refractivity contribution in [1.29, 1.82) is 0 Å². The van der Waals surface area contributed by atoms with Crippen LogP contribution in [0.1, 0.15) is 24.8 Å². The van der Waals surface area contributed by atoms with E-state index in [9.17, 15) is 14.0 Å². The molecule has 2 amide bonds. The minimum Gasteiger partial charge on any atom is -0.326 e. The maximum absolute atomic E-state index is 13.0. The van der Waals surface area contributed by atoms with Gasteiger partial charge in [0.05, 0.1) is 0 Å². The van der Waals surface area contributed by atoms with Crippen molar-refractivity contribution in [2.45, 2.75) is 31.8 Å². The molecule has 1 aliphatic rings. The third kappa shape index (κ3) is 3.79. The molecule has 1 atom stereocenters. The van der Waals surface area contributed by atoms with Crippen LogP contribution in [0, 0.1) is 5.82 Å². The molecule has 1 N–H and O–H groups in total. The first-order valence-electron chi connectivity index (χ1n) is 8.03. The van der Waals surface area contributed by atoms with Crippen molar-refractivity contribution < 1.29 is 14.0 Å². The Hall–Kier alpha value is -2.69. The molecule has 0 radical (unpaired) electrons. The summed E-state index contributed by atoms with van der Waals surface area (Å²) in [4.78, 5) is 26.5. The highest BCUT2D eigenvalue weighted by Crippen LogP contribution is 2.22. The first-order chi connectivity index (χ1) is 11.6. The van der Waals surface area contributed by atoms with Crippen LogP contribution in [0.2, 0.25) is 0 Å². The van der Waals surface area contributed by atoms with Gasteiger partial charge in [-0.05, 0) is 42.7 Å². The minimum atomic E-state index is -0.503. The normalized spacial score (nSPS) is 17.6. The highest BCUT2D eigenvalue weighted by molar-refractivity contribution is 5.97. The minimum absolute atomic E-state index is 0.0428. The molecule has 5 heteroatoms. The number of benzene rings is 2. The zero-order chi connectivity index (χ0) is 16.9. The summed E-state index contributed by atoms with van der Waals surface area (Å²) in [7, 11) is 0. The summed E-state index contributed by atoms with van der Waals surface area (Å²) in [5, 5.41) is 2.86. The third-order valence-corrected chi connectivity index (χ3v) is 4.17. The highest BCUT2D eigenvalue weighted by Gasteiger charge is 2.33. The number of nitrogens with zero attached hydrogens (tertiary/aromatic N) is 1. The maximum atomic E-state index is 13.0. The molecule has 4 nitrogen and oxygen atoms in total. The number of likely N-dealkylation sites (tertiary alicyclic amines) is 1. The summed E-state index contributed by atoms with van der Waals surface area (Å²) < 4.78 is 13.0. The number of rotatable bonds is 4. The van der Waals surface area contributed by atoms with Crippen molar-refractivity contribution in [3.8, 4) is 0 Å². The number of halogens is 1. The fraction of sp³-hybridized carbons (Fsp3) is 0.263. The Bertz CT molecular complexity index is 716. The zero-order valence-corrected chi connectivity index (χ0v) is 13.2. The predicted octanol–water partition coefficient (Wildman–Crippen LogP) is 3.35. The van der Waals surface area contributed by atoms with E-state index in [1.165, 1.54) is 12.1 Å². The number of anilines is 1.